The molecule has 0 aliphatic heterocycles. The summed E-state index contributed by atoms with van der Waals surface area (Å²) >= 11 is 5.94. The van der Waals surface area contributed by atoms with Gasteiger partial charge in [-0.25, -0.2) is 5.01 Å². The Hall–Kier alpha value is -2.21. The number of ketones is 1. The third kappa shape index (κ3) is 3.28. The van der Waals surface area contributed by atoms with Crippen molar-refractivity contribution in [2.45, 2.75) is 6.92 Å². The highest BCUT2D eigenvalue weighted by atomic mass is 35.5. The summed E-state index contributed by atoms with van der Waals surface area (Å²) in [6.07, 6.45) is 0. The predicted molar refractivity (Wildman–Crippen MR) is 79.4 cm³/mol. The minimum Gasteiger partial charge on any atom is -0.297 e. The number of hydrazine groups is 1. The van der Waals surface area contributed by atoms with E-state index in [0.29, 0.717) is 10.6 Å². The van der Waals surface area contributed by atoms with Crippen LogP contribution in [0.4, 0.5) is 5.69 Å². The van der Waals surface area contributed by atoms with E-state index in [1.807, 2.05) is 0 Å². The van der Waals surface area contributed by atoms with Crippen LogP contribution in [0.5, 0.6) is 0 Å². The van der Waals surface area contributed by atoms with Crippen molar-refractivity contribution in [2.75, 3.05) is 5.01 Å². The van der Waals surface area contributed by atoms with E-state index >= 15 is 0 Å². The molecule has 0 heterocycles. The van der Waals surface area contributed by atoms with Crippen LogP contribution in [0, 0.1) is 0 Å². The molecule has 0 aliphatic carbocycles. The fourth-order valence-corrected chi connectivity index (χ4v) is 2.10. The van der Waals surface area contributed by atoms with Gasteiger partial charge in [-0.05, 0) is 18.2 Å². The number of anilines is 1. The summed E-state index contributed by atoms with van der Waals surface area (Å²) in [6.45, 7) is 1.26. The molecule has 0 unspecified atom stereocenters. The van der Waals surface area contributed by atoms with Crippen LogP contribution < -0.4 is 10.6 Å². The van der Waals surface area contributed by atoms with E-state index < -0.39 is 5.91 Å². The lowest BCUT2D eigenvalue weighted by atomic mass is 10.0. The highest BCUT2D eigenvalue weighted by molar-refractivity contribution is 6.31. The van der Waals surface area contributed by atoms with Gasteiger partial charge >= 0.3 is 0 Å². The fraction of sp³-hybridized carbons (Fsp3) is 0.0667. The maximum atomic E-state index is 12.6. The maximum absolute atomic E-state index is 12.6. The zero-order valence-corrected chi connectivity index (χ0v) is 12.0. The standard InChI is InChI=1S/C15H13ClN2O3/c1-10(19)18(17-21)14-8-7-12(16)9-13(14)15(20)11-5-3-2-4-6-11/h2-9,17,21H,1H3. The first-order valence-corrected chi connectivity index (χ1v) is 6.52. The van der Waals surface area contributed by atoms with Crippen LogP contribution in [0.1, 0.15) is 22.8 Å². The van der Waals surface area contributed by atoms with Gasteiger partial charge in [0, 0.05) is 23.1 Å². The van der Waals surface area contributed by atoms with Crippen molar-refractivity contribution in [3.05, 3.63) is 64.7 Å². The third-order valence-corrected chi connectivity index (χ3v) is 3.13. The van der Waals surface area contributed by atoms with Crippen LogP contribution in [-0.2, 0) is 4.79 Å². The Labute approximate surface area is 126 Å². The molecule has 0 radical (unpaired) electrons. The van der Waals surface area contributed by atoms with Gasteiger partial charge in [0.25, 0.3) is 0 Å². The lowest BCUT2D eigenvalue weighted by Gasteiger charge is -2.21. The molecule has 2 aromatic rings. The van der Waals surface area contributed by atoms with Gasteiger partial charge in [0.1, 0.15) is 0 Å². The van der Waals surface area contributed by atoms with Crippen LogP contribution >= 0.6 is 11.6 Å². The number of halogens is 1. The number of hydrogen-bond acceptors (Lipinski definition) is 4. The Bertz CT molecular complexity index is 674. The Morgan fingerprint density at radius 2 is 1.81 bits per heavy atom. The Morgan fingerprint density at radius 1 is 1.14 bits per heavy atom. The SMILES string of the molecule is CC(=O)N(NO)c1ccc(Cl)cc1C(=O)c1ccccc1. The monoisotopic (exact) mass is 304 g/mol. The van der Waals surface area contributed by atoms with Gasteiger partial charge in [0.05, 0.1) is 5.69 Å². The summed E-state index contributed by atoms with van der Waals surface area (Å²) < 4.78 is 0. The lowest BCUT2D eigenvalue weighted by Crippen LogP contribution is -2.40. The van der Waals surface area contributed by atoms with E-state index in [9.17, 15) is 9.59 Å². The number of nitrogens with one attached hydrogen (secondary N) is 1. The highest BCUT2D eigenvalue weighted by Crippen LogP contribution is 2.26. The Kier molecular flexibility index (Phi) is 4.70. The van der Waals surface area contributed by atoms with Gasteiger partial charge in [-0.15, -0.1) is 5.59 Å². The summed E-state index contributed by atoms with van der Waals surface area (Å²) in [5.74, 6) is -0.767. The van der Waals surface area contributed by atoms with Crippen LogP contribution in [0.3, 0.4) is 0 Å². The van der Waals surface area contributed by atoms with E-state index in [2.05, 4.69) is 0 Å². The second-order valence-electron chi connectivity index (χ2n) is 4.31. The number of benzene rings is 2. The van der Waals surface area contributed by atoms with Gasteiger partial charge < -0.3 is 0 Å². The topological polar surface area (TPSA) is 69.6 Å². The van der Waals surface area contributed by atoms with Gasteiger partial charge in [-0.1, -0.05) is 41.9 Å². The molecule has 0 saturated heterocycles. The molecule has 21 heavy (non-hydrogen) atoms. The molecule has 108 valence electrons. The molecule has 2 N–H and O–H groups in total. The molecule has 0 saturated carbocycles. The number of amides is 1. The third-order valence-electron chi connectivity index (χ3n) is 2.90. The molecule has 5 nitrogen and oxygen atoms in total. The largest absolute Gasteiger partial charge is 0.297 e. The molecule has 0 atom stereocenters. The summed E-state index contributed by atoms with van der Waals surface area (Å²) in [6, 6.07) is 13.1. The van der Waals surface area contributed by atoms with E-state index in [0.717, 1.165) is 5.01 Å². The Balaban J connectivity index is 2.54. The van der Waals surface area contributed by atoms with E-state index in [-0.39, 0.29) is 17.0 Å². The molecule has 0 fully saturated rings. The summed E-state index contributed by atoms with van der Waals surface area (Å²) in [7, 11) is 0. The molecule has 2 rings (SSSR count). The number of rotatable bonds is 4. The zero-order valence-electron chi connectivity index (χ0n) is 11.2. The van der Waals surface area contributed by atoms with Crippen molar-refractivity contribution >= 4 is 29.0 Å². The van der Waals surface area contributed by atoms with Crippen molar-refractivity contribution in [1.29, 1.82) is 0 Å². The number of hydrogen-bond donors (Lipinski definition) is 2. The molecule has 6 heteroatoms. The van der Waals surface area contributed by atoms with Crippen molar-refractivity contribution in [2.24, 2.45) is 0 Å². The first-order valence-electron chi connectivity index (χ1n) is 6.14. The van der Waals surface area contributed by atoms with Crippen LogP contribution in [-0.4, -0.2) is 16.9 Å². The minimum absolute atomic E-state index is 0.213. The zero-order chi connectivity index (χ0) is 15.4. The molecule has 1 amide bonds. The van der Waals surface area contributed by atoms with Crippen molar-refractivity contribution in [1.82, 2.24) is 5.59 Å². The van der Waals surface area contributed by atoms with Crippen molar-refractivity contribution in [3.63, 3.8) is 0 Å². The molecule has 0 spiro atoms. The molecular weight excluding hydrogens is 292 g/mol. The average molecular weight is 305 g/mol. The summed E-state index contributed by atoms with van der Waals surface area (Å²) in [4.78, 5) is 24.1. The van der Waals surface area contributed by atoms with Crippen LogP contribution in [0.25, 0.3) is 0 Å². The first-order chi connectivity index (χ1) is 10.0. The summed E-state index contributed by atoms with van der Waals surface area (Å²) in [5.41, 5.74) is 2.67. The molecule has 2 aromatic carbocycles. The molecule has 0 bridgehead atoms. The van der Waals surface area contributed by atoms with E-state index in [4.69, 9.17) is 16.8 Å². The normalized spacial score (nSPS) is 10.2. The fourth-order valence-electron chi connectivity index (χ4n) is 1.92. The van der Waals surface area contributed by atoms with E-state index in [1.165, 1.54) is 25.1 Å². The quantitative estimate of drug-likeness (QED) is 0.673. The smallest absolute Gasteiger partial charge is 0.240 e. The average Bonchev–Trinajstić information content (AvgIpc) is 2.49. The second kappa shape index (κ2) is 6.49. The predicted octanol–water partition coefficient (Wildman–Crippen LogP) is 2.82. The minimum atomic E-state index is -0.470. The van der Waals surface area contributed by atoms with Crippen molar-refractivity contribution in [3.8, 4) is 0 Å². The van der Waals surface area contributed by atoms with E-state index in [1.54, 1.807) is 35.9 Å². The first kappa shape index (κ1) is 15.2. The van der Waals surface area contributed by atoms with Crippen molar-refractivity contribution < 1.29 is 14.8 Å². The summed E-state index contributed by atoms with van der Waals surface area (Å²) in [5, 5.41) is 10.3. The molecular formula is C15H13ClN2O3. The van der Waals surface area contributed by atoms with Gasteiger partial charge in [0.2, 0.25) is 5.91 Å². The lowest BCUT2D eigenvalue weighted by molar-refractivity contribution is -0.119. The van der Waals surface area contributed by atoms with Crippen LogP contribution in [0.15, 0.2) is 48.5 Å². The van der Waals surface area contributed by atoms with Gasteiger partial charge in [-0.2, -0.15) is 0 Å². The number of carbonyl (C=O) groups is 2. The number of nitrogens with zero attached hydrogens (tertiary/aromatic N) is 1. The molecule has 0 aliphatic rings. The van der Waals surface area contributed by atoms with Gasteiger partial charge in [0.15, 0.2) is 5.78 Å². The van der Waals surface area contributed by atoms with Crippen LogP contribution in [0.2, 0.25) is 5.02 Å². The maximum Gasteiger partial charge on any atom is 0.240 e. The molecule has 0 aromatic heterocycles. The highest BCUT2D eigenvalue weighted by Gasteiger charge is 2.20. The number of carbonyl (C=O) groups excluding carboxylic acids is 2. The Morgan fingerprint density at radius 3 is 2.38 bits per heavy atom. The second-order valence-corrected chi connectivity index (χ2v) is 4.75. The van der Waals surface area contributed by atoms with Gasteiger partial charge in [-0.3, -0.25) is 14.8 Å².